The van der Waals surface area contributed by atoms with Crippen molar-refractivity contribution in [3.8, 4) is 11.3 Å². The number of benzene rings is 2. The lowest BCUT2D eigenvalue weighted by molar-refractivity contribution is 0.0548. The summed E-state index contributed by atoms with van der Waals surface area (Å²) in [6.45, 7) is 7.28. The Labute approximate surface area is 180 Å². The number of ether oxygens (including phenoxy) is 2. The van der Waals surface area contributed by atoms with Gasteiger partial charge in [-0.1, -0.05) is 48.5 Å². The van der Waals surface area contributed by atoms with Gasteiger partial charge in [0.2, 0.25) is 0 Å². The highest BCUT2D eigenvalue weighted by atomic mass is 16.6. The Morgan fingerprint density at radius 3 is 2.26 bits per heavy atom. The van der Waals surface area contributed by atoms with Crippen molar-refractivity contribution in [2.45, 2.75) is 33.3 Å². The summed E-state index contributed by atoms with van der Waals surface area (Å²) >= 11 is 0. The first-order valence-corrected chi connectivity index (χ1v) is 10.0. The molecular weight excluding hydrogens is 392 g/mol. The van der Waals surface area contributed by atoms with Gasteiger partial charge in [-0.2, -0.15) is 0 Å². The molecule has 6 nitrogen and oxygen atoms in total. The summed E-state index contributed by atoms with van der Waals surface area (Å²) in [6.07, 6.45) is -0.521. The van der Waals surface area contributed by atoms with Gasteiger partial charge >= 0.3 is 12.1 Å². The minimum absolute atomic E-state index is 0.327. The summed E-state index contributed by atoms with van der Waals surface area (Å²) in [5.74, 6) is -0.511. The molecule has 4 aromatic rings. The number of hydrogen-bond donors (Lipinski definition) is 0. The highest BCUT2D eigenvalue weighted by molar-refractivity contribution is 6.22. The molecule has 0 radical (unpaired) electrons. The SMILES string of the molecule is COC(=O)c1c(-c2ccccc2)nc(C)c2c1c1ccccc1n2C(=O)OC(C)(C)C. The van der Waals surface area contributed by atoms with E-state index in [1.165, 1.54) is 11.7 Å². The lowest BCUT2D eigenvalue weighted by Crippen LogP contribution is -2.27. The van der Waals surface area contributed by atoms with Gasteiger partial charge in [-0.25, -0.2) is 19.1 Å². The minimum atomic E-state index is -0.675. The Morgan fingerprint density at radius 2 is 1.61 bits per heavy atom. The number of para-hydroxylation sites is 1. The fourth-order valence-corrected chi connectivity index (χ4v) is 3.83. The molecule has 0 aliphatic heterocycles. The second kappa shape index (κ2) is 7.54. The van der Waals surface area contributed by atoms with Crippen LogP contribution in [0.25, 0.3) is 33.1 Å². The summed E-state index contributed by atoms with van der Waals surface area (Å²) in [5.41, 5.74) is 2.76. The van der Waals surface area contributed by atoms with Gasteiger partial charge in [-0.15, -0.1) is 0 Å². The van der Waals surface area contributed by atoms with Crippen LogP contribution in [0.4, 0.5) is 4.79 Å². The van der Waals surface area contributed by atoms with E-state index in [1.54, 1.807) is 0 Å². The number of aryl methyl sites for hydroxylation is 1. The highest BCUT2D eigenvalue weighted by Crippen LogP contribution is 2.38. The Balaban J connectivity index is 2.18. The quantitative estimate of drug-likeness (QED) is 0.390. The summed E-state index contributed by atoms with van der Waals surface area (Å²) in [6, 6.07) is 16.9. The first-order chi connectivity index (χ1) is 14.7. The number of methoxy groups -OCH3 is 1. The summed E-state index contributed by atoms with van der Waals surface area (Å²) in [5, 5.41) is 1.38. The van der Waals surface area contributed by atoms with Crippen LogP contribution >= 0.6 is 0 Å². The van der Waals surface area contributed by atoms with Gasteiger partial charge in [0, 0.05) is 16.3 Å². The zero-order chi connectivity index (χ0) is 22.3. The molecule has 0 saturated carbocycles. The standard InChI is InChI=1S/C25H24N2O4/c1-15-22-19(20(23(28)30-5)21(26-15)16-11-7-6-8-12-16)17-13-9-10-14-18(17)27(22)24(29)31-25(2,3)4/h6-14H,1-5H3. The fourth-order valence-electron chi connectivity index (χ4n) is 3.83. The number of nitrogens with zero attached hydrogens (tertiary/aromatic N) is 2. The Kier molecular flexibility index (Phi) is 5.01. The number of carbonyl (C=O) groups excluding carboxylic acids is 2. The van der Waals surface area contributed by atoms with Gasteiger partial charge in [0.05, 0.1) is 35.1 Å². The Morgan fingerprint density at radius 1 is 0.968 bits per heavy atom. The van der Waals surface area contributed by atoms with Crippen molar-refractivity contribution in [1.82, 2.24) is 9.55 Å². The number of fused-ring (bicyclic) bond motifs is 3. The van der Waals surface area contributed by atoms with Crippen LogP contribution in [0.3, 0.4) is 0 Å². The van der Waals surface area contributed by atoms with Gasteiger partial charge in [-0.05, 0) is 33.8 Å². The number of aromatic nitrogens is 2. The van der Waals surface area contributed by atoms with Crippen molar-refractivity contribution in [3.63, 3.8) is 0 Å². The molecule has 0 saturated heterocycles. The van der Waals surface area contributed by atoms with E-state index >= 15 is 0 Å². The van der Waals surface area contributed by atoms with E-state index in [-0.39, 0.29) is 0 Å². The first-order valence-electron chi connectivity index (χ1n) is 10.0. The van der Waals surface area contributed by atoms with Gasteiger partial charge in [-0.3, -0.25) is 0 Å². The van der Waals surface area contributed by atoms with Gasteiger partial charge in [0.15, 0.2) is 0 Å². The molecule has 6 heteroatoms. The van der Waals surface area contributed by atoms with E-state index in [9.17, 15) is 9.59 Å². The molecule has 4 rings (SSSR count). The summed E-state index contributed by atoms with van der Waals surface area (Å²) < 4.78 is 12.3. The molecule has 2 heterocycles. The molecule has 0 aliphatic rings. The molecule has 0 bridgehead atoms. The number of hydrogen-bond acceptors (Lipinski definition) is 5. The minimum Gasteiger partial charge on any atom is -0.465 e. The van der Waals surface area contributed by atoms with Crippen LogP contribution in [0.1, 0.15) is 36.8 Å². The van der Waals surface area contributed by atoms with Crippen LogP contribution < -0.4 is 0 Å². The highest BCUT2D eigenvalue weighted by Gasteiger charge is 2.29. The van der Waals surface area contributed by atoms with Crippen LogP contribution in [0.2, 0.25) is 0 Å². The molecule has 2 aromatic carbocycles. The predicted molar refractivity (Wildman–Crippen MR) is 120 cm³/mol. The molecule has 0 atom stereocenters. The molecule has 0 N–H and O–H groups in total. The maximum Gasteiger partial charge on any atom is 0.419 e. The molecule has 158 valence electrons. The van der Waals surface area contributed by atoms with Crippen LogP contribution in [0.5, 0.6) is 0 Å². The molecule has 31 heavy (non-hydrogen) atoms. The molecule has 0 spiro atoms. The normalized spacial score (nSPS) is 11.6. The summed E-state index contributed by atoms with van der Waals surface area (Å²) in [4.78, 5) is 30.9. The summed E-state index contributed by atoms with van der Waals surface area (Å²) in [7, 11) is 1.34. The molecule has 0 amide bonds. The Bertz CT molecular complexity index is 1310. The zero-order valence-electron chi connectivity index (χ0n) is 18.2. The lowest BCUT2D eigenvalue weighted by atomic mass is 9.99. The maximum absolute atomic E-state index is 13.2. The number of carbonyl (C=O) groups is 2. The molecule has 0 fully saturated rings. The van der Waals surface area contributed by atoms with Crippen molar-refractivity contribution in [2.75, 3.05) is 7.11 Å². The lowest BCUT2D eigenvalue weighted by Gasteiger charge is -2.20. The van der Waals surface area contributed by atoms with Crippen LogP contribution in [-0.4, -0.2) is 34.3 Å². The van der Waals surface area contributed by atoms with Crippen LogP contribution in [-0.2, 0) is 9.47 Å². The predicted octanol–water partition coefficient (Wildman–Crippen LogP) is 5.73. The third kappa shape index (κ3) is 3.54. The van der Waals surface area contributed by atoms with E-state index < -0.39 is 17.7 Å². The smallest absolute Gasteiger partial charge is 0.419 e. The first kappa shape index (κ1) is 20.6. The van der Waals surface area contributed by atoms with Crippen LogP contribution in [0, 0.1) is 6.92 Å². The van der Waals surface area contributed by atoms with Crippen molar-refractivity contribution < 1.29 is 19.1 Å². The third-order valence-corrected chi connectivity index (χ3v) is 5.00. The van der Waals surface area contributed by atoms with Gasteiger partial charge < -0.3 is 9.47 Å². The fraction of sp³-hybridized carbons (Fsp3) is 0.240. The van der Waals surface area contributed by atoms with Crippen molar-refractivity contribution in [2.24, 2.45) is 0 Å². The van der Waals surface area contributed by atoms with Crippen molar-refractivity contribution in [3.05, 3.63) is 65.9 Å². The van der Waals surface area contributed by atoms with Crippen molar-refractivity contribution in [1.29, 1.82) is 0 Å². The number of pyridine rings is 1. The van der Waals surface area contributed by atoms with E-state index in [0.717, 1.165) is 10.9 Å². The second-order valence-electron chi connectivity index (χ2n) is 8.33. The number of rotatable bonds is 2. The average molecular weight is 416 g/mol. The largest absolute Gasteiger partial charge is 0.465 e. The van der Waals surface area contributed by atoms with E-state index in [4.69, 9.17) is 14.5 Å². The van der Waals surface area contributed by atoms with Gasteiger partial charge in [0.25, 0.3) is 0 Å². The zero-order valence-corrected chi connectivity index (χ0v) is 18.2. The second-order valence-corrected chi connectivity index (χ2v) is 8.33. The maximum atomic E-state index is 13.2. The topological polar surface area (TPSA) is 70.4 Å². The monoisotopic (exact) mass is 416 g/mol. The third-order valence-electron chi connectivity index (χ3n) is 5.00. The van der Waals surface area contributed by atoms with Gasteiger partial charge in [0.1, 0.15) is 5.60 Å². The van der Waals surface area contributed by atoms with E-state index in [2.05, 4.69) is 0 Å². The van der Waals surface area contributed by atoms with Crippen LogP contribution in [0.15, 0.2) is 54.6 Å². The molecule has 0 unspecified atom stereocenters. The molecule has 0 aliphatic carbocycles. The van der Waals surface area contributed by atoms with E-state index in [1.807, 2.05) is 82.3 Å². The van der Waals surface area contributed by atoms with E-state index in [0.29, 0.717) is 33.4 Å². The number of esters is 1. The molecule has 2 aromatic heterocycles. The van der Waals surface area contributed by atoms with Crippen molar-refractivity contribution >= 4 is 33.9 Å². The average Bonchev–Trinajstić information content (AvgIpc) is 3.08. The Hall–Kier alpha value is -3.67. The molecular formula is C25H24N2O4.